The summed E-state index contributed by atoms with van der Waals surface area (Å²) in [5.41, 5.74) is 8.67. The summed E-state index contributed by atoms with van der Waals surface area (Å²) in [5, 5.41) is 5.21. The summed E-state index contributed by atoms with van der Waals surface area (Å²) in [6, 6.07) is 0. The van der Waals surface area contributed by atoms with Crippen LogP contribution in [0.15, 0.2) is 0 Å². The Morgan fingerprint density at radius 3 is 2.63 bits per heavy atom. The maximum Gasteiger partial charge on any atom is 0.130 e. The predicted octanol–water partition coefficient (Wildman–Crippen LogP) is 3.33. The molecule has 108 valence electrons. The van der Waals surface area contributed by atoms with Crippen molar-refractivity contribution in [3.63, 3.8) is 0 Å². The molecule has 4 heteroatoms. The molecule has 0 bridgehead atoms. The van der Waals surface area contributed by atoms with Crippen molar-refractivity contribution in [1.29, 1.82) is 0 Å². The Morgan fingerprint density at radius 2 is 2.11 bits per heavy atom. The van der Waals surface area contributed by atoms with Gasteiger partial charge in [-0.25, -0.2) is 0 Å². The van der Waals surface area contributed by atoms with Gasteiger partial charge >= 0.3 is 0 Å². The number of hydrogen-bond donors (Lipinski definition) is 1. The number of hydrogen-bond acceptors (Lipinski definition) is 2. The maximum atomic E-state index is 6.36. The zero-order valence-electron chi connectivity index (χ0n) is 12.5. The first-order valence-electron chi connectivity index (χ1n) is 7.22. The van der Waals surface area contributed by atoms with Gasteiger partial charge in [-0.2, -0.15) is 5.10 Å². The van der Waals surface area contributed by atoms with E-state index in [0.29, 0.717) is 17.3 Å². The lowest BCUT2D eigenvalue weighted by atomic mass is 9.65. The fraction of sp³-hybridized carbons (Fsp3) is 0.800. The van der Waals surface area contributed by atoms with E-state index in [9.17, 15) is 0 Å². The van der Waals surface area contributed by atoms with Crippen LogP contribution < -0.4 is 5.73 Å². The highest BCUT2D eigenvalue weighted by Crippen LogP contribution is 2.43. The summed E-state index contributed by atoms with van der Waals surface area (Å²) in [6.45, 7) is 7.57. The summed E-state index contributed by atoms with van der Waals surface area (Å²) in [7, 11) is 1.91. The first-order valence-corrected chi connectivity index (χ1v) is 7.60. The van der Waals surface area contributed by atoms with E-state index in [1.54, 1.807) is 4.68 Å². The van der Waals surface area contributed by atoms with E-state index in [4.69, 9.17) is 17.3 Å². The quantitative estimate of drug-likeness (QED) is 0.925. The molecule has 1 aliphatic rings. The summed E-state index contributed by atoms with van der Waals surface area (Å²) in [6.07, 6.45) is 4.78. The minimum absolute atomic E-state index is 0.429. The van der Waals surface area contributed by atoms with Crippen LogP contribution in [0.2, 0.25) is 5.15 Å². The Labute approximate surface area is 121 Å². The zero-order valence-corrected chi connectivity index (χ0v) is 13.3. The van der Waals surface area contributed by atoms with Crippen LogP contribution in [0, 0.1) is 24.2 Å². The molecule has 1 fully saturated rings. The second-order valence-corrected chi connectivity index (χ2v) is 7.20. The smallest absolute Gasteiger partial charge is 0.130 e. The highest BCUT2D eigenvalue weighted by atomic mass is 35.5. The first-order chi connectivity index (χ1) is 8.84. The molecule has 1 heterocycles. The van der Waals surface area contributed by atoms with E-state index in [1.807, 2.05) is 14.0 Å². The second kappa shape index (κ2) is 5.45. The zero-order chi connectivity index (χ0) is 14.2. The summed E-state index contributed by atoms with van der Waals surface area (Å²) in [4.78, 5) is 0. The monoisotopic (exact) mass is 283 g/mol. The fourth-order valence-electron chi connectivity index (χ4n) is 3.51. The first kappa shape index (κ1) is 14.9. The predicted molar refractivity (Wildman–Crippen MR) is 80.3 cm³/mol. The van der Waals surface area contributed by atoms with E-state index in [0.717, 1.165) is 23.8 Å². The topological polar surface area (TPSA) is 43.8 Å². The van der Waals surface area contributed by atoms with Crippen molar-refractivity contribution in [3.8, 4) is 0 Å². The Morgan fingerprint density at radius 1 is 1.42 bits per heavy atom. The molecule has 1 aromatic rings. The number of aromatic nitrogens is 2. The number of aryl methyl sites for hydroxylation is 2. The van der Waals surface area contributed by atoms with Crippen LogP contribution in [0.25, 0.3) is 0 Å². The molecule has 1 saturated carbocycles. The standard InChI is InChI=1S/C15H26ClN3/c1-10-13(14(16)19(4)18-10)7-12-8-15(2,3)6-5-11(12)9-17/h11-12H,5-9,17H2,1-4H3. The lowest BCUT2D eigenvalue weighted by molar-refractivity contribution is 0.121. The highest BCUT2D eigenvalue weighted by Gasteiger charge is 2.35. The van der Waals surface area contributed by atoms with Gasteiger partial charge in [0.25, 0.3) is 0 Å². The largest absolute Gasteiger partial charge is 0.330 e. The van der Waals surface area contributed by atoms with Crippen LogP contribution in [0.4, 0.5) is 0 Å². The molecular weight excluding hydrogens is 258 g/mol. The molecule has 0 radical (unpaired) electrons. The van der Waals surface area contributed by atoms with Crippen LogP contribution in [-0.4, -0.2) is 16.3 Å². The molecule has 0 aliphatic heterocycles. The van der Waals surface area contributed by atoms with Gasteiger partial charge in [-0.3, -0.25) is 4.68 Å². The Hall–Kier alpha value is -0.540. The van der Waals surface area contributed by atoms with Gasteiger partial charge in [0.1, 0.15) is 5.15 Å². The number of rotatable bonds is 3. The van der Waals surface area contributed by atoms with Gasteiger partial charge in [0, 0.05) is 12.6 Å². The minimum Gasteiger partial charge on any atom is -0.330 e. The van der Waals surface area contributed by atoms with E-state index in [-0.39, 0.29) is 0 Å². The maximum absolute atomic E-state index is 6.36. The summed E-state index contributed by atoms with van der Waals surface area (Å²) < 4.78 is 1.78. The van der Waals surface area contributed by atoms with E-state index in [2.05, 4.69) is 18.9 Å². The third kappa shape index (κ3) is 3.14. The summed E-state index contributed by atoms with van der Waals surface area (Å²) >= 11 is 6.36. The van der Waals surface area contributed by atoms with Gasteiger partial charge in [-0.05, 0) is 56.4 Å². The number of nitrogens with zero attached hydrogens (tertiary/aromatic N) is 2. The van der Waals surface area contributed by atoms with Crippen LogP contribution in [0.1, 0.15) is 44.4 Å². The Kier molecular flexibility index (Phi) is 4.26. The van der Waals surface area contributed by atoms with Gasteiger partial charge in [0.15, 0.2) is 0 Å². The van der Waals surface area contributed by atoms with Gasteiger partial charge in [-0.15, -0.1) is 0 Å². The molecular formula is C15H26ClN3. The average Bonchev–Trinajstić information content (AvgIpc) is 2.55. The molecule has 2 unspecified atom stereocenters. The second-order valence-electron chi connectivity index (χ2n) is 6.85. The van der Waals surface area contributed by atoms with Crippen molar-refractivity contribution in [1.82, 2.24) is 9.78 Å². The van der Waals surface area contributed by atoms with Crippen molar-refractivity contribution < 1.29 is 0 Å². The third-order valence-electron chi connectivity index (χ3n) is 4.71. The van der Waals surface area contributed by atoms with Gasteiger partial charge in [0.2, 0.25) is 0 Å². The molecule has 19 heavy (non-hydrogen) atoms. The Bertz CT molecular complexity index is 450. The van der Waals surface area contributed by atoms with E-state index < -0.39 is 0 Å². The lowest BCUT2D eigenvalue weighted by Crippen LogP contribution is -2.35. The molecule has 0 aromatic carbocycles. The molecule has 2 N–H and O–H groups in total. The highest BCUT2D eigenvalue weighted by molar-refractivity contribution is 6.30. The Balaban J connectivity index is 2.19. The molecule has 1 aromatic heterocycles. The van der Waals surface area contributed by atoms with Crippen molar-refractivity contribution >= 4 is 11.6 Å². The van der Waals surface area contributed by atoms with Crippen LogP contribution in [-0.2, 0) is 13.5 Å². The van der Waals surface area contributed by atoms with Crippen LogP contribution >= 0.6 is 11.6 Å². The van der Waals surface area contributed by atoms with Crippen molar-refractivity contribution in [2.45, 2.75) is 46.5 Å². The lowest BCUT2D eigenvalue weighted by Gasteiger charge is -2.40. The van der Waals surface area contributed by atoms with E-state index in [1.165, 1.54) is 24.8 Å². The van der Waals surface area contributed by atoms with Crippen LogP contribution in [0.5, 0.6) is 0 Å². The number of halogens is 1. The minimum atomic E-state index is 0.429. The van der Waals surface area contributed by atoms with Gasteiger partial charge in [0.05, 0.1) is 5.69 Å². The summed E-state index contributed by atoms with van der Waals surface area (Å²) in [5.74, 6) is 1.26. The molecule has 3 nitrogen and oxygen atoms in total. The van der Waals surface area contributed by atoms with Gasteiger partial charge < -0.3 is 5.73 Å². The molecule has 0 spiro atoms. The van der Waals surface area contributed by atoms with Crippen molar-refractivity contribution in [2.24, 2.45) is 30.0 Å². The molecule has 1 aliphatic carbocycles. The molecule has 2 atom stereocenters. The molecule has 0 amide bonds. The van der Waals surface area contributed by atoms with Crippen LogP contribution in [0.3, 0.4) is 0 Å². The van der Waals surface area contributed by atoms with Crippen molar-refractivity contribution in [2.75, 3.05) is 6.54 Å². The molecule has 0 saturated heterocycles. The number of nitrogens with two attached hydrogens (primary N) is 1. The normalized spacial score (nSPS) is 26.6. The molecule has 2 rings (SSSR count). The fourth-order valence-corrected chi connectivity index (χ4v) is 3.76. The van der Waals surface area contributed by atoms with Gasteiger partial charge in [-0.1, -0.05) is 25.4 Å². The third-order valence-corrected chi connectivity index (χ3v) is 5.19. The average molecular weight is 284 g/mol. The van der Waals surface area contributed by atoms with Crippen molar-refractivity contribution in [3.05, 3.63) is 16.4 Å². The van der Waals surface area contributed by atoms with E-state index >= 15 is 0 Å². The SMILES string of the molecule is Cc1nn(C)c(Cl)c1CC1CC(C)(C)CCC1CN.